The Bertz CT molecular complexity index is 368. The van der Waals surface area contributed by atoms with Crippen molar-refractivity contribution in [1.82, 2.24) is 0 Å². The first-order valence-electron chi connectivity index (χ1n) is 6.02. The smallest absolute Gasteiger partial charge is 0.155 e. The van der Waals surface area contributed by atoms with E-state index in [0.717, 1.165) is 0 Å². The van der Waals surface area contributed by atoms with Gasteiger partial charge in [-0.2, -0.15) is 0 Å². The second-order valence-electron chi connectivity index (χ2n) is 4.19. The first-order chi connectivity index (χ1) is 9.38. The van der Waals surface area contributed by atoms with Gasteiger partial charge in [0.2, 0.25) is 0 Å². The summed E-state index contributed by atoms with van der Waals surface area (Å²) in [5, 5.41) is 25.1. The van der Waals surface area contributed by atoms with Crippen LogP contribution < -0.4 is 0 Å². The molecule has 0 unspecified atom stereocenters. The molecule has 0 fully saturated rings. The number of hydrogen-bond donors (Lipinski definition) is 3. The van der Waals surface area contributed by atoms with Crippen molar-refractivity contribution in [2.75, 3.05) is 0 Å². The van der Waals surface area contributed by atoms with E-state index in [1.165, 1.54) is 59.8 Å². The summed E-state index contributed by atoms with van der Waals surface area (Å²) in [5.41, 5.74) is 0. The largest absolute Gasteiger partial charge is 0.512 e. The zero-order valence-corrected chi connectivity index (χ0v) is 16.7. The van der Waals surface area contributed by atoms with E-state index in [1.807, 2.05) is 0 Å². The molecule has 123 valence electrons. The molecule has 0 bridgehead atoms. The molecule has 0 aromatic rings. The fourth-order valence-corrected chi connectivity index (χ4v) is 0.882. The van der Waals surface area contributed by atoms with E-state index < -0.39 is 0 Å². The SMILES string of the molecule is CC(=O)C=C(C)O.CC(=O)C=C(C)O.CC(=O)C=C(C)O.[Y]. The first kappa shape index (κ1) is 28.8. The average Bonchev–Trinajstić information content (AvgIpc) is 2.10. The molecule has 0 atom stereocenters. The van der Waals surface area contributed by atoms with Crippen LogP contribution >= 0.6 is 0 Å². The number of aliphatic hydroxyl groups is 3. The van der Waals surface area contributed by atoms with Crippen molar-refractivity contribution < 1.29 is 62.4 Å². The zero-order valence-electron chi connectivity index (χ0n) is 13.9. The van der Waals surface area contributed by atoms with Gasteiger partial charge in [-0.1, -0.05) is 0 Å². The summed E-state index contributed by atoms with van der Waals surface area (Å²) >= 11 is 0. The average molecular weight is 389 g/mol. The summed E-state index contributed by atoms with van der Waals surface area (Å²) in [6.07, 6.45) is 3.50. The van der Waals surface area contributed by atoms with Crippen LogP contribution in [-0.2, 0) is 47.1 Å². The third-order valence-corrected chi connectivity index (χ3v) is 1.24. The fourth-order valence-electron chi connectivity index (χ4n) is 0.882. The van der Waals surface area contributed by atoms with Gasteiger partial charge in [0.15, 0.2) is 17.3 Å². The maximum atomic E-state index is 10.0. The number of aliphatic hydroxyl groups excluding tert-OH is 3. The molecule has 3 N–H and O–H groups in total. The van der Waals surface area contributed by atoms with Crippen molar-refractivity contribution >= 4 is 17.3 Å². The second kappa shape index (κ2) is 17.8. The predicted molar refractivity (Wildman–Crippen MR) is 81.2 cm³/mol. The summed E-state index contributed by atoms with van der Waals surface area (Å²) in [7, 11) is 0. The van der Waals surface area contributed by atoms with E-state index in [1.54, 1.807) is 0 Å². The zero-order chi connectivity index (χ0) is 17.6. The second-order valence-corrected chi connectivity index (χ2v) is 4.19. The molecule has 0 amide bonds. The molecule has 0 aliphatic heterocycles. The van der Waals surface area contributed by atoms with Gasteiger partial charge in [0.05, 0.1) is 17.3 Å². The van der Waals surface area contributed by atoms with Gasteiger partial charge in [0.25, 0.3) is 0 Å². The Kier molecular flexibility index (Phi) is 23.3. The molecule has 0 heterocycles. The van der Waals surface area contributed by atoms with Crippen LogP contribution in [0.4, 0.5) is 0 Å². The molecule has 0 aliphatic carbocycles. The Morgan fingerprint density at radius 3 is 0.682 bits per heavy atom. The van der Waals surface area contributed by atoms with Gasteiger partial charge < -0.3 is 15.3 Å². The Morgan fingerprint density at radius 2 is 0.682 bits per heavy atom. The van der Waals surface area contributed by atoms with Crippen LogP contribution in [0.2, 0.25) is 0 Å². The van der Waals surface area contributed by atoms with Crippen LogP contribution in [0.1, 0.15) is 41.5 Å². The van der Waals surface area contributed by atoms with Crippen LogP contribution in [-0.4, -0.2) is 32.7 Å². The number of rotatable bonds is 3. The Hall–Kier alpha value is -1.27. The fraction of sp³-hybridized carbons (Fsp3) is 0.400. The van der Waals surface area contributed by atoms with Gasteiger partial charge >= 0.3 is 0 Å². The third kappa shape index (κ3) is 51.1. The summed E-state index contributed by atoms with van der Waals surface area (Å²) in [5.74, 6) is -0.187. The van der Waals surface area contributed by atoms with Crippen LogP contribution in [0, 0.1) is 0 Å². The normalized spacial score (nSPS) is 10.9. The maximum absolute atomic E-state index is 10.0. The molecular weight excluding hydrogens is 365 g/mol. The topological polar surface area (TPSA) is 112 Å². The minimum atomic E-state index is -0.125. The van der Waals surface area contributed by atoms with E-state index >= 15 is 0 Å². The predicted octanol–water partition coefficient (Wildman–Crippen LogP) is 3.11. The van der Waals surface area contributed by atoms with E-state index in [9.17, 15) is 14.4 Å². The van der Waals surface area contributed by atoms with Crippen LogP contribution in [0.15, 0.2) is 35.5 Å². The van der Waals surface area contributed by atoms with Gasteiger partial charge in [0, 0.05) is 50.9 Å². The molecule has 1 radical (unpaired) electrons. The number of ketones is 3. The standard InChI is InChI=1S/3C5H8O2.Y/c3*1-4(6)3-5(2)7;/h3*3,6H,1-2H3;. The molecule has 0 aromatic heterocycles. The van der Waals surface area contributed by atoms with Crippen LogP contribution in [0.5, 0.6) is 0 Å². The third-order valence-electron chi connectivity index (χ3n) is 1.24. The van der Waals surface area contributed by atoms with E-state index in [2.05, 4.69) is 0 Å². The Morgan fingerprint density at radius 1 is 0.545 bits per heavy atom. The molecule has 6 nitrogen and oxygen atoms in total. The Balaban J connectivity index is -0.000000108. The number of carbonyl (C=O) groups is 3. The summed E-state index contributed by atoms with van der Waals surface area (Å²) in [6.45, 7) is 8.54. The minimum Gasteiger partial charge on any atom is -0.512 e. The van der Waals surface area contributed by atoms with E-state index in [0.29, 0.717) is 0 Å². The first-order valence-corrected chi connectivity index (χ1v) is 6.02. The summed E-state index contributed by atoms with van der Waals surface area (Å²) in [4.78, 5) is 30.1. The molecular formula is C15H24O6Y. The number of hydrogen-bond acceptors (Lipinski definition) is 6. The molecule has 0 saturated heterocycles. The van der Waals surface area contributed by atoms with Crippen LogP contribution in [0.25, 0.3) is 0 Å². The maximum Gasteiger partial charge on any atom is 0.155 e. The Labute approximate surface area is 156 Å². The molecule has 0 aromatic carbocycles. The molecule has 0 saturated carbocycles. The van der Waals surface area contributed by atoms with Crippen molar-refractivity contribution in [1.29, 1.82) is 0 Å². The van der Waals surface area contributed by atoms with Gasteiger partial charge in [0.1, 0.15) is 0 Å². The van der Waals surface area contributed by atoms with Gasteiger partial charge in [-0.3, -0.25) is 14.4 Å². The summed E-state index contributed by atoms with van der Waals surface area (Å²) < 4.78 is 0. The van der Waals surface area contributed by atoms with Crippen molar-refractivity contribution in [3.05, 3.63) is 35.5 Å². The van der Waals surface area contributed by atoms with Crippen molar-refractivity contribution in [2.24, 2.45) is 0 Å². The molecule has 0 rings (SSSR count). The van der Waals surface area contributed by atoms with Gasteiger partial charge in [-0.15, -0.1) is 0 Å². The summed E-state index contributed by atoms with van der Waals surface area (Å²) in [6, 6.07) is 0. The quantitative estimate of drug-likeness (QED) is 0.505. The molecule has 0 aliphatic rings. The number of carbonyl (C=O) groups excluding carboxylic acids is 3. The van der Waals surface area contributed by atoms with Crippen molar-refractivity contribution in [2.45, 2.75) is 41.5 Å². The van der Waals surface area contributed by atoms with Crippen molar-refractivity contribution in [3.8, 4) is 0 Å². The number of allylic oxidation sites excluding steroid dienone is 6. The molecule has 7 heteroatoms. The van der Waals surface area contributed by atoms with E-state index in [4.69, 9.17) is 15.3 Å². The monoisotopic (exact) mass is 389 g/mol. The van der Waals surface area contributed by atoms with E-state index in [-0.39, 0.29) is 67.3 Å². The minimum absolute atomic E-state index is 0. The van der Waals surface area contributed by atoms with Gasteiger partial charge in [-0.05, 0) is 41.5 Å². The molecule has 22 heavy (non-hydrogen) atoms. The molecule has 0 spiro atoms. The van der Waals surface area contributed by atoms with Crippen molar-refractivity contribution in [3.63, 3.8) is 0 Å². The van der Waals surface area contributed by atoms with Gasteiger partial charge in [-0.25, -0.2) is 0 Å². The van der Waals surface area contributed by atoms with Crippen LogP contribution in [0.3, 0.4) is 0 Å².